The van der Waals surface area contributed by atoms with Crippen LogP contribution in [0.2, 0.25) is 0 Å². The summed E-state index contributed by atoms with van der Waals surface area (Å²) in [5, 5.41) is 0.957. The van der Waals surface area contributed by atoms with Gasteiger partial charge in [0.15, 0.2) is 0 Å². The van der Waals surface area contributed by atoms with E-state index < -0.39 is 0 Å². The number of piperazine rings is 1. The molecule has 0 spiro atoms. The summed E-state index contributed by atoms with van der Waals surface area (Å²) < 4.78 is 11.0. The SMILES string of the molecule is CCOc1ccc2oc(=O)cc(CN3CCN(Cc4cc(C)ccc4C)CC3)c2c1. The van der Waals surface area contributed by atoms with Crippen molar-refractivity contribution in [2.24, 2.45) is 0 Å². The average Bonchev–Trinajstić information content (AvgIpc) is 2.73. The number of hydrogen-bond acceptors (Lipinski definition) is 5. The molecule has 4 rings (SSSR count). The number of ether oxygens (including phenoxy) is 1. The standard InChI is InChI=1S/C25H30N2O3/c1-4-29-22-7-8-24-23(15-22)21(14-25(28)30-24)17-27-11-9-26(10-12-27)16-20-13-18(2)5-6-19(20)3/h5-8,13-15H,4,9-12,16-17H2,1-3H3. The van der Waals surface area contributed by atoms with Gasteiger partial charge in [-0.2, -0.15) is 0 Å². The summed E-state index contributed by atoms with van der Waals surface area (Å²) in [5.74, 6) is 0.804. The maximum Gasteiger partial charge on any atom is 0.336 e. The number of fused-ring (bicyclic) bond motifs is 1. The Balaban J connectivity index is 1.44. The van der Waals surface area contributed by atoms with Crippen molar-refractivity contribution in [1.82, 2.24) is 9.80 Å². The van der Waals surface area contributed by atoms with Gasteiger partial charge in [0, 0.05) is 50.7 Å². The van der Waals surface area contributed by atoms with Crippen LogP contribution in [0, 0.1) is 13.8 Å². The van der Waals surface area contributed by atoms with Crippen molar-refractivity contribution in [3.05, 3.63) is 75.1 Å². The second kappa shape index (κ2) is 9.02. The van der Waals surface area contributed by atoms with Gasteiger partial charge in [0.2, 0.25) is 0 Å². The number of aryl methyl sites for hydroxylation is 2. The first-order valence-electron chi connectivity index (χ1n) is 10.7. The van der Waals surface area contributed by atoms with Gasteiger partial charge >= 0.3 is 5.63 Å². The van der Waals surface area contributed by atoms with Crippen LogP contribution in [0.1, 0.15) is 29.2 Å². The van der Waals surface area contributed by atoms with Crippen LogP contribution >= 0.6 is 0 Å². The van der Waals surface area contributed by atoms with Crippen LogP contribution in [0.15, 0.2) is 51.7 Å². The largest absolute Gasteiger partial charge is 0.494 e. The molecule has 158 valence electrons. The van der Waals surface area contributed by atoms with Gasteiger partial charge in [-0.05, 0) is 55.7 Å². The molecule has 3 aromatic rings. The highest BCUT2D eigenvalue weighted by Crippen LogP contribution is 2.24. The van der Waals surface area contributed by atoms with Crippen LogP contribution in [0.25, 0.3) is 11.0 Å². The molecular weight excluding hydrogens is 376 g/mol. The minimum Gasteiger partial charge on any atom is -0.494 e. The molecule has 5 heteroatoms. The van der Waals surface area contributed by atoms with E-state index in [1.165, 1.54) is 16.7 Å². The zero-order chi connectivity index (χ0) is 21.1. The van der Waals surface area contributed by atoms with Crippen LogP contribution in [0.4, 0.5) is 0 Å². The van der Waals surface area contributed by atoms with Crippen LogP contribution in [0.5, 0.6) is 5.75 Å². The lowest BCUT2D eigenvalue weighted by atomic mass is 10.0. The lowest BCUT2D eigenvalue weighted by molar-refractivity contribution is 0.122. The number of hydrogen-bond donors (Lipinski definition) is 0. The van der Waals surface area contributed by atoms with Gasteiger partial charge in [0.1, 0.15) is 11.3 Å². The number of rotatable bonds is 6. The number of benzene rings is 2. The normalized spacial score (nSPS) is 15.6. The molecule has 0 radical (unpaired) electrons. The van der Waals surface area contributed by atoms with Gasteiger partial charge in [-0.15, -0.1) is 0 Å². The Morgan fingerprint density at radius 1 is 0.900 bits per heavy atom. The summed E-state index contributed by atoms with van der Waals surface area (Å²) in [4.78, 5) is 17.0. The van der Waals surface area contributed by atoms with E-state index in [1.807, 2.05) is 25.1 Å². The maximum absolute atomic E-state index is 12.0. The third-order valence-corrected chi connectivity index (χ3v) is 5.87. The first-order valence-corrected chi connectivity index (χ1v) is 10.7. The molecular formula is C25H30N2O3. The molecule has 1 fully saturated rings. The van der Waals surface area contributed by atoms with E-state index >= 15 is 0 Å². The highest BCUT2D eigenvalue weighted by atomic mass is 16.5. The Labute approximate surface area is 177 Å². The predicted octanol–water partition coefficient (Wildman–Crippen LogP) is 4.13. The molecule has 0 atom stereocenters. The highest BCUT2D eigenvalue weighted by molar-refractivity contribution is 5.81. The van der Waals surface area contributed by atoms with Crippen molar-refractivity contribution in [3.63, 3.8) is 0 Å². The smallest absolute Gasteiger partial charge is 0.336 e. The van der Waals surface area contributed by atoms with Crippen molar-refractivity contribution in [2.45, 2.75) is 33.9 Å². The third kappa shape index (κ3) is 4.74. The first kappa shape index (κ1) is 20.6. The Hall–Kier alpha value is -2.63. The molecule has 1 aliphatic heterocycles. The van der Waals surface area contributed by atoms with E-state index in [9.17, 15) is 4.79 Å². The van der Waals surface area contributed by atoms with Crippen molar-refractivity contribution in [1.29, 1.82) is 0 Å². The fourth-order valence-corrected chi connectivity index (χ4v) is 4.15. The van der Waals surface area contributed by atoms with Gasteiger partial charge < -0.3 is 9.15 Å². The van der Waals surface area contributed by atoms with E-state index in [2.05, 4.69) is 41.8 Å². The molecule has 1 aromatic heterocycles. The van der Waals surface area contributed by atoms with Crippen molar-refractivity contribution >= 4 is 11.0 Å². The van der Waals surface area contributed by atoms with Crippen molar-refractivity contribution in [2.75, 3.05) is 32.8 Å². The predicted molar refractivity (Wildman–Crippen MR) is 120 cm³/mol. The van der Waals surface area contributed by atoms with Gasteiger partial charge in [-0.1, -0.05) is 23.8 Å². The maximum atomic E-state index is 12.0. The quantitative estimate of drug-likeness (QED) is 0.576. The van der Waals surface area contributed by atoms with E-state index in [4.69, 9.17) is 9.15 Å². The molecule has 30 heavy (non-hydrogen) atoms. The second-order valence-corrected chi connectivity index (χ2v) is 8.16. The zero-order valence-corrected chi connectivity index (χ0v) is 18.1. The zero-order valence-electron chi connectivity index (χ0n) is 18.1. The van der Waals surface area contributed by atoms with Gasteiger partial charge in [-0.25, -0.2) is 4.79 Å². The topological polar surface area (TPSA) is 45.9 Å². The summed E-state index contributed by atoms with van der Waals surface area (Å²) in [6.45, 7) is 12.7. The Bertz CT molecular complexity index is 1080. The summed E-state index contributed by atoms with van der Waals surface area (Å²) >= 11 is 0. The molecule has 2 aromatic carbocycles. The highest BCUT2D eigenvalue weighted by Gasteiger charge is 2.19. The molecule has 2 heterocycles. The Morgan fingerprint density at radius 3 is 2.30 bits per heavy atom. The van der Waals surface area contributed by atoms with Crippen LogP contribution < -0.4 is 10.4 Å². The average molecular weight is 407 g/mol. The molecule has 0 amide bonds. The fourth-order valence-electron chi connectivity index (χ4n) is 4.15. The van der Waals surface area contributed by atoms with Gasteiger partial charge in [-0.3, -0.25) is 9.80 Å². The summed E-state index contributed by atoms with van der Waals surface area (Å²) in [6.07, 6.45) is 0. The fraction of sp³-hybridized carbons (Fsp3) is 0.400. The molecule has 0 saturated carbocycles. The molecule has 0 N–H and O–H groups in total. The lowest BCUT2D eigenvalue weighted by Crippen LogP contribution is -2.45. The molecule has 0 unspecified atom stereocenters. The number of nitrogens with zero attached hydrogens (tertiary/aromatic N) is 2. The minimum absolute atomic E-state index is 0.296. The van der Waals surface area contributed by atoms with E-state index in [0.717, 1.165) is 56.0 Å². The summed E-state index contributed by atoms with van der Waals surface area (Å²) in [6, 6.07) is 14.0. The van der Waals surface area contributed by atoms with Crippen LogP contribution in [0.3, 0.4) is 0 Å². The second-order valence-electron chi connectivity index (χ2n) is 8.16. The molecule has 1 saturated heterocycles. The van der Waals surface area contributed by atoms with Gasteiger partial charge in [0.25, 0.3) is 0 Å². The van der Waals surface area contributed by atoms with Crippen LogP contribution in [-0.2, 0) is 13.1 Å². The lowest BCUT2D eigenvalue weighted by Gasteiger charge is -2.35. The minimum atomic E-state index is -0.296. The first-order chi connectivity index (χ1) is 14.5. The molecule has 5 nitrogen and oxygen atoms in total. The third-order valence-electron chi connectivity index (χ3n) is 5.87. The Kier molecular flexibility index (Phi) is 6.21. The van der Waals surface area contributed by atoms with E-state index in [0.29, 0.717) is 12.2 Å². The molecule has 0 aliphatic carbocycles. The Morgan fingerprint density at radius 2 is 1.60 bits per heavy atom. The summed E-state index contributed by atoms with van der Waals surface area (Å²) in [5.41, 5.74) is 5.42. The van der Waals surface area contributed by atoms with Crippen molar-refractivity contribution in [3.8, 4) is 5.75 Å². The van der Waals surface area contributed by atoms with Crippen molar-refractivity contribution < 1.29 is 9.15 Å². The summed E-state index contributed by atoms with van der Waals surface area (Å²) in [7, 11) is 0. The van der Waals surface area contributed by atoms with Gasteiger partial charge in [0.05, 0.1) is 6.61 Å². The van der Waals surface area contributed by atoms with E-state index in [1.54, 1.807) is 6.07 Å². The molecule has 1 aliphatic rings. The molecule has 0 bridgehead atoms. The van der Waals surface area contributed by atoms with E-state index in [-0.39, 0.29) is 5.63 Å². The monoisotopic (exact) mass is 406 g/mol. The van der Waals surface area contributed by atoms with Crippen LogP contribution in [-0.4, -0.2) is 42.6 Å².